The van der Waals surface area contributed by atoms with Crippen LogP contribution in [0.3, 0.4) is 0 Å². The molecule has 0 bridgehead atoms. The molecule has 0 unspecified atom stereocenters. The summed E-state index contributed by atoms with van der Waals surface area (Å²) < 4.78 is 47.4. The van der Waals surface area contributed by atoms with E-state index >= 15 is 0 Å². The van der Waals surface area contributed by atoms with Crippen molar-refractivity contribution in [3.63, 3.8) is 0 Å². The van der Waals surface area contributed by atoms with Gasteiger partial charge in [0.05, 0.1) is 29.3 Å². The highest BCUT2D eigenvalue weighted by atomic mass is 19.2. The number of rotatable bonds is 5. The number of nitrogens with one attached hydrogen (secondary N) is 1. The van der Waals surface area contributed by atoms with Crippen LogP contribution >= 0.6 is 0 Å². The maximum absolute atomic E-state index is 14.3. The van der Waals surface area contributed by atoms with Crippen LogP contribution in [0.1, 0.15) is 35.7 Å². The highest BCUT2D eigenvalue weighted by Crippen LogP contribution is 2.38. The van der Waals surface area contributed by atoms with Crippen LogP contribution in [-0.4, -0.2) is 19.1 Å². The van der Waals surface area contributed by atoms with Crippen LogP contribution in [0.4, 0.5) is 35.9 Å². The number of hydrogen-bond acceptors (Lipinski definition) is 6. The fourth-order valence-corrected chi connectivity index (χ4v) is 3.97. The quantitative estimate of drug-likeness (QED) is 0.221. The molecular formula is C24H24F3N5O2. The van der Waals surface area contributed by atoms with Crippen molar-refractivity contribution in [2.24, 2.45) is 5.84 Å². The van der Waals surface area contributed by atoms with E-state index in [0.717, 1.165) is 16.8 Å². The van der Waals surface area contributed by atoms with Crippen LogP contribution in [0, 0.1) is 17.5 Å². The van der Waals surface area contributed by atoms with Crippen molar-refractivity contribution in [1.82, 2.24) is 5.43 Å². The summed E-state index contributed by atoms with van der Waals surface area (Å²) in [6, 6.07) is 11.4. The van der Waals surface area contributed by atoms with Gasteiger partial charge in [0.15, 0.2) is 11.6 Å². The third kappa shape index (κ3) is 4.19. The third-order valence-electron chi connectivity index (χ3n) is 5.54. The van der Waals surface area contributed by atoms with E-state index in [2.05, 4.69) is 5.43 Å². The van der Waals surface area contributed by atoms with Crippen molar-refractivity contribution in [3.05, 3.63) is 77.1 Å². The van der Waals surface area contributed by atoms with Gasteiger partial charge in [-0.2, -0.15) is 0 Å². The van der Waals surface area contributed by atoms with E-state index in [4.69, 9.17) is 16.3 Å². The second-order valence-electron chi connectivity index (χ2n) is 8.11. The molecule has 0 saturated heterocycles. The molecule has 0 aromatic heterocycles. The zero-order valence-electron chi connectivity index (χ0n) is 18.6. The maximum Gasteiger partial charge on any atom is 0.270 e. The van der Waals surface area contributed by atoms with Gasteiger partial charge in [0.1, 0.15) is 18.2 Å². The van der Waals surface area contributed by atoms with Crippen molar-refractivity contribution in [2.75, 3.05) is 28.9 Å². The Bertz CT molecular complexity index is 1250. The summed E-state index contributed by atoms with van der Waals surface area (Å²) in [6.45, 7) is 4.50. The largest absolute Gasteiger partial charge is 0.489 e. The average Bonchev–Trinajstić information content (AvgIpc) is 2.80. The molecule has 34 heavy (non-hydrogen) atoms. The molecule has 4 rings (SSSR count). The number of nitrogens with two attached hydrogens (primary N) is 2. The van der Waals surface area contributed by atoms with Crippen molar-refractivity contribution >= 4 is 28.7 Å². The summed E-state index contributed by atoms with van der Waals surface area (Å²) in [5.74, 6) is 2.34. The van der Waals surface area contributed by atoms with Crippen LogP contribution in [0.5, 0.6) is 5.75 Å². The third-order valence-corrected chi connectivity index (χ3v) is 5.54. The molecule has 3 aromatic carbocycles. The van der Waals surface area contributed by atoms with Crippen molar-refractivity contribution in [1.29, 1.82) is 0 Å². The number of ether oxygens (including phenoxy) is 1. The highest BCUT2D eigenvalue weighted by molar-refractivity contribution is 6.00. The van der Waals surface area contributed by atoms with Gasteiger partial charge in [-0.25, -0.2) is 19.0 Å². The van der Waals surface area contributed by atoms with Gasteiger partial charge in [-0.1, -0.05) is 26.0 Å². The molecule has 1 heterocycles. The number of nitrogen functional groups attached to an aromatic ring is 1. The van der Waals surface area contributed by atoms with Gasteiger partial charge in [-0.05, 0) is 35.7 Å². The fraction of sp³-hybridized carbons (Fsp3) is 0.208. The SMILES string of the molecule is CC(C)c1c(C(=O)NN2CCOc3ccccc32)ccc(N(N)c2cc(F)cc(F)c2F)c1N. The van der Waals surface area contributed by atoms with Crippen molar-refractivity contribution in [3.8, 4) is 5.75 Å². The van der Waals surface area contributed by atoms with Crippen LogP contribution in [-0.2, 0) is 0 Å². The van der Waals surface area contributed by atoms with Crippen LogP contribution in [0.15, 0.2) is 48.5 Å². The number of halogens is 3. The molecule has 0 radical (unpaired) electrons. The number of carbonyl (C=O) groups is 1. The molecular weight excluding hydrogens is 447 g/mol. The molecule has 0 saturated carbocycles. The highest BCUT2D eigenvalue weighted by Gasteiger charge is 2.26. The van der Waals surface area contributed by atoms with E-state index < -0.39 is 29.0 Å². The minimum Gasteiger partial charge on any atom is -0.489 e. The van der Waals surface area contributed by atoms with Crippen LogP contribution in [0.2, 0.25) is 0 Å². The molecule has 1 aliphatic rings. The summed E-state index contributed by atoms with van der Waals surface area (Å²) in [5.41, 5.74) is 10.4. The number of benzene rings is 3. The molecule has 1 aliphatic heterocycles. The lowest BCUT2D eigenvalue weighted by molar-refractivity contribution is 0.0943. The predicted molar refractivity (Wildman–Crippen MR) is 124 cm³/mol. The molecule has 178 valence electrons. The van der Waals surface area contributed by atoms with Gasteiger partial charge in [-0.3, -0.25) is 20.2 Å². The van der Waals surface area contributed by atoms with Gasteiger partial charge in [0.2, 0.25) is 0 Å². The molecule has 10 heteroatoms. The Labute approximate surface area is 194 Å². The molecule has 0 spiro atoms. The van der Waals surface area contributed by atoms with E-state index in [1.807, 2.05) is 38.1 Å². The molecule has 5 N–H and O–H groups in total. The van der Waals surface area contributed by atoms with Gasteiger partial charge in [0, 0.05) is 17.7 Å². The first-order valence-electron chi connectivity index (χ1n) is 10.6. The lowest BCUT2D eigenvalue weighted by Crippen LogP contribution is -2.47. The number of para-hydroxylation sites is 2. The Hall–Kier alpha value is -3.92. The van der Waals surface area contributed by atoms with Gasteiger partial charge in [0.25, 0.3) is 5.91 Å². The van der Waals surface area contributed by atoms with Gasteiger partial charge >= 0.3 is 0 Å². The lowest BCUT2D eigenvalue weighted by Gasteiger charge is -2.32. The zero-order valence-corrected chi connectivity index (χ0v) is 18.6. The molecule has 0 aliphatic carbocycles. The molecule has 3 aromatic rings. The van der Waals surface area contributed by atoms with Crippen molar-refractivity contribution < 1.29 is 22.7 Å². The summed E-state index contributed by atoms with van der Waals surface area (Å²) in [6.07, 6.45) is 0. The summed E-state index contributed by atoms with van der Waals surface area (Å²) >= 11 is 0. The zero-order chi connectivity index (χ0) is 24.6. The maximum atomic E-state index is 14.3. The number of amides is 1. The Morgan fingerprint density at radius 1 is 1.12 bits per heavy atom. The van der Waals surface area contributed by atoms with E-state index in [1.54, 1.807) is 5.01 Å². The number of fused-ring (bicyclic) bond motifs is 1. The summed E-state index contributed by atoms with van der Waals surface area (Å²) in [7, 11) is 0. The fourth-order valence-electron chi connectivity index (χ4n) is 3.97. The minimum atomic E-state index is -1.38. The van der Waals surface area contributed by atoms with Gasteiger partial charge in [-0.15, -0.1) is 0 Å². The molecule has 7 nitrogen and oxygen atoms in total. The Morgan fingerprint density at radius 3 is 2.59 bits per heavy atom. The van der Waals surface area contributed by atoms with E-state index in [9.17, 15) is 18.0 Å². The second kappa shape index (κ2) is 9.14. The topological polar surface area (TPSA) is 96.9 Å². The molecule has 1 amide bonds. The first kappa shape index (κ1) is 23.2. The smallest absolute Gasteiger partial charge is 0.270 e. The lowest BCUT2D eigenvalue weighted by atomic mass is 9.93. The molecule has 0 atom stereocenters. The van der Waals surface area contributed by atoms with Crippen LogP contribution < -0.4 is 31.8 Å². The average molecular weight is 471 g/mol. The Balaban J connectivity index is 1.69. The van der Waals surface area contributed by atoms with Crippen LogP contribution in [0.25, 0.3) is 0 Å². The predicted octanol–water partition coefficient (Wildman–Crippen LogP) is 4.37. The number of hydrazine groups is 2. The van der Waals surface area contributed by atoms with Crippen molar-refractivity contribution in [2.45, 2.75) is 19.8 Å². The normalized spacial score (nSPS) is 12.9. The standard InChI is InChI=1S/C24H24F3N5O2/c1-13(2)21-15(24(33)30-31-9-10-34-20-6-4-3-5-17(20)31)7-8-18(23(21)28)32(29)19-12-14(25)11-16(26)22(19)27/h3-8,11-13H,9-10,28-29H2,1-2H3,(H,30,33). The van der Waals surface area contributed by atoms with E-state index in [-0.39, 0.29) is 17.3 Å². The van der Waals surface area contributed by atoms with E-state index in [0.29, 0.717) is 36.1 Å². The first-order chi connectivity index (χ1) is 16.2. The molecule has 0 fully saturated rings. The minimum absolute atomic E-state index is 0.0941. The number of anilines is 4. The summed E-state index contributed by atoms with van der Waals surface area (Å²) in [5, 5.41) is 2.46. The monoisotopic (exact) mass is 471 g/mol. The number of hydrogen-bond donors (Lipinski definition) is 3. The van der Waals surface area contributed by atoms with Gasteiger partial charge < -0.3 is 10.5 Å². The Morgan fingerprint density at radius 2 is 1.85 bits per heavy atom. The first-order valence-corrected chi connectivity index (χ1v) is 10.6. The number of carbonyl (C=O) groups excluding carboxylic acids is 1. The Kier molecular flexibility index (Phi) is 6.25. The summed E-state index contributed by atoms with van der Waals surface area (Å²) in [4.78, 5) is 13.2. The number of nitrogens with zero attached hydrogens (tertiary/aromatic N) is 2. The second-order valence-corrected chi connectivity index (χ2v) is 8.11. The van der Waals surface area contributed by atoms with E-state index in [1.165, 1.54) is 12.1 Å².